The number of ketones is 1. The van der Waals surface area contributed by atoms with Crippen LogP contribution >= 0.6 is 0 Å². The van der Waals surface area contributed by atoms with Gasteiger partial charge in [0, 0.05) is 5.92 Å². The van der Waals surface area contributed by atoms with Gasteiger partial charge in [-0.25, -0.2) is 0 Å². The van der Waals surface area contributed by atoms with Gasteiger partial charge < -0.3 is 9.84 Å². The number of allylic oxidation sites excluding steroid dienone is 1. The molecule has 3 unspecified atom stereocenters. The fraction of sp³-hybridized carbons (Fsp3) is 0.625. The number of Topliss-reactive ketones (excluding diaryl/α,β-unsaturated/α-hetero) is 1. The summed E-state index contributed by atoms with van der Waals surface area (Å²) in [6, 6.07) is 0. The summed E-state index contributed by atoms with van der Waals surface area (Å²) in [7, 11) is 1.46. The predicted molar refractivity (Wildman–Crippen MR) is 37.7 cm³/mol. The van der Waals surface area contributed by atoms with Gasteiger partial charge in [0.15, 0.2) is 5.76 Å². The summed E-state index contributed by atoms with van der Waals surface area (Å²) in [4.78, 5) is 11.2. The molecule has 2 aliphatic carbocycles. The highest BCUT2D eigenvalue weighted by Crippen LogP contribution is 2.46. The van der Waals surface area contributed by atoms with Gasteiger partial charge in [-0.15, -0.1) is 0 Å². The minimum Gasteiger partial charge on any atom is -0.493 e. The summed E-state index contributed by atoms with van der Waals surface area (Å²) in [6.07, 6.45) is 1.87. The maximum absolute atomic E-state index is 11.2. The number of aliphatic hydroxyl groups is 1. The zero-order chi connectivity index (χ0) is 8.01. The van der Waals surface area contributed by atoms with E-state index in [9.17, 15) is 9.90 Å². The zero-order valence-corrected chi connectivity index (χ0v) is 6.28. The van der Waals surface area contributed by atoms with Gasteiger partial charge in [-0.1, -0.05) is 0 Å². The van der Waals surface area contributed by atoms with Crippen molar-refractivity contribution < 1.29 is 14.6 Å². The molecule has 11 heavy (non-hydrogen) atoms. The van der Waals surface area contributed by atoms with Crippen molar-refractivity contribution in [3.8, 4) is 0 Å². The van der Waals surface area contributed by atoms with Crippen molar-refractivity contribution in [3.05, 3.63) is 11.8 Å². The van der Waals surface area contributed by atoms with E-state index in [-0.39, 0.29) is 17.6 Å². The standard InChI is InChI=1S/C8H10O3/c1-11-7-3-6(9)4-2-5(4)8(7)10/h3-6,9H,2H2,1H3. The Morgan fingerprint density at radius 2 is 2.45 bits per heavy atom. The second kappa shape index (κ2) is 2.08. The van der Waals surface area contributed by atoms with Gasteiger partial charge in [0.1, 0.15) is 0 Å². The number of aliphatic hydroxyl groups excluding tert-OH is 1. The molecule has 2 rings (SSSR count). The first kappa shape index (κ1) is 6.85. The molecule has 2 aliphatic rings. The fourth-order valence-corrected chi connectivity index (χ4v) is 1.61. The Morgan fingerprint density at radius 3 is 3.09 bits per heavy atom. The molecule has 1 fully saturated rings. The third kappa shape index (κ3) is 0.878. The monoisotopic (exact) mass is 154 g/mol. The highest BCUT2D eigenvalue weighted by atomic mass is 16.5. The molecule has 0 radical (unpaired) electrons. The Hall–Kier alpha value is -0.830. The molecule has 0 aromatic rings. The lowest BCUT2D eigenvalue weighted by molar-refractivity contribution is -0.120. The van der Waals surface area contributed by atoms with Crippen LogP contribution < -0.4 is 0 Å². The number of hydrogen-bond acceptors (Lipinski definition) is 3. The van der Waals surface area contributed by atoms with E-state index in [0.29, 0.717) is 5.76 Å². The second-order valence-corrected chi connectivity index (χ2v) is 3.10. The van der Waals surface area contributed by atoms with Crippen LogP contribution in [0.15, 0.2) is 11.8 Å². The van der Waals surface area contributed by atoms with Gasteiger partial charge >= 0.3 is 0 Å². The average molecular weight is 154 g/mol. The number of methoxy groups -OCH3 is 1. The molecule has 0 aliphatic heterocycles. The van der Waals surface area contributed by atoms with Crippen molar-refractivity contribution in [3.63, 3.8) is 0 Å². The van der Waals surface area contributed by atoms with Gasteiger partial charge in [0.25, 0.3) is 0 Å². The Bertz CT molecular complexity index is 231. The number of hydrogen-bond donors (Lipinski definition) is 1. The molecule has 0 aromatic heterocycles. The van der Waals surface area contributed by atoms with Crippen molar-refractivity contribution in [2.75, 3.05) is 7.11 Å². The van der Waals surface area contributed by atoms with Gasteiger partial charge in [0.2, 0.25) is 5.78 Å². The summed E-state index contributed by atoms with van der Waals surface area (Å²) in [5.41, 5.74) is 0. The van der Waals surface area contributed by atoms with Gasteiger partial charge in [-0.05, 0) is 18.4 Å². The third-order valence-electron chi connectivity index (χ3n) is 2.40. The molecular formula is C8H10O3. The first-order valence-electron chi connectivity index (χ1n) is 3.72. The summed E-state index contributed by atoms with van der Waals surface area (Å²) < 4.78 is 4.82. The molecule has 0 spiro atoms. The molecule has 0 amide bonds. The quantitative estimate of drug-likeness (QED) is 0.582. The lowest BCUT2D eigenvalue weighted by Gasteiger charge is -2.13. The number of carbonyl (C=O) groups excluding carboxylic acids is 1. The average Bonchev–Trinajstić information content (AvgIpc) is 2.75. The summed E-state index contributed by atoms with van der Waals surface area (Å²) in [5.74, 6) is 0.616. The van der Waals surface area contributed by atoms with E-state index in [1.165, 1.54) is 13.2 Å². The maximum Gasteiger partial charge on any atom is 0.200 e. The van der Waals surface area contributed by atoms with Gasteiger partial charge in [-0.2, -0.15) is 0 Å². The summed E-state index contributed by atoms with van der Waals surface area (Å²) in [5, 5.41) is 9.33. The molecule has 1 N–H and O–H groups in total. The van der Waals surface area contributed by atoms with Crippen LogP contribution in [0, 0.1) is 11.8 Å². The van der Waals surface area contributed by atoms with E-state index >= 15 is 0 Å². The maximum atomic E-state index is 11.2. The smallest absolute Gasteiger partial charge is 0.200 e. The van der Waals surface area contributed by atoms with Crippen molar-refractivity contribution in [1.29, 1.82) is 0 Å². The molecule has 0 saturated heterocycles. The normalized spacial score (nSPS) is 41.1. The molecule has 3 heteroatoms. The number of ether oxygens (including phenoxy) is 1. The topological polar surface area (TPSA) is 46.5 Å². The lowest BCUT2D eigenvalue weighted by Crippen LogP contribution is -2.21. The second-order valence-electron chi connectivity index (χ2n) is 3.10. The predicted octanol–water partition coefficient (Wildman–Crippen LogP) is 0.0964. The van der Waals surface area contributed by atoms with Crippen LogP contribution in [0.3, 0.4) is 0 Å². The fourth-order valence-electron chi connectivity index (χ4n) is 1.61. The molecule has 0 aromatic carbocycles. The van der Waals surface area contributed by atoms with Crippen molar-refractivity contribution in [2.24, 2.45) is 11.8 Å². The van der Waals surface area contributed by atoms with E-state index in [0.717, 1.165) is 6.42 Å². The zero-order valence-electron chi connectivity index (χ0n) is 6.28. The number of rotatable bonds is 1. The molecule has 0 bridgehead atoms. The van der Waals surface area contributed by atoms with Crippen LogP contribution in [0.1, 0.15) is 6.42 Å². The number of carbonyl (C=O) groups is 1. The lowest BCUT2D eigenvalue weighted by atomic mass is 10.0. The van der Waals surface area contributed by atoms with Crippen molar-refractivity contribution >= 4 is 5.78 Å². The first-order chi connectivity index (χ1) is 5.24. The molecule has 3 atom stereocenters. The van der Waals surface area contributed by atoms with Crippen LogP contribution in [-0.4, -0.2) is 24.1 Å². The van der Waals surface area contributed by atoms with E-state index in [2.05, 4.69) is 0 Å². The minimum atomic E-state index is -0.465. The van der Waals surface area contributed by atoms with E-state index in [4.69, 9.17) is 4.74 Å². The minimum absolute atomic E-state index is 0.0462. The molecule has 60 valence electrons. The van der Waals surface area contributed by atoms with Crippen molar-refractivity contribution in [2.45, 2.75) is 12.5 Å². The summed E-state index contributed by atoms with van der Waals surface area (Å²) in [6.45, 7) is 0. The van der Waals surface area contributed by atoms with Crippen LogP contribution in [0.5, 0.6) is 0 Å². The van der Waals surface area contributed by atoms with Gasteiger partial charge in [0.05, 0.1) is 13.2 Å². The van der Waals surface area contributed by atoms with E-state index < -0.39 is 6.10 Å². The largest absolute Gasteiger partial charge is 0.493 e. The highest BCUT2D eigenvalue weighted by molar-refractivity contribution is 5.98. The van der Waals surface area contributed by atoms with E-state index in [1.807, 2.05) is 0 Å². The van der Waals surface area contributed by atoms with Crippen LogP contribution in [0.4, 0.5) is 0 Å². The highest BCUT2D eigenvalue weighted by Gasteiger charge is 2.51. The Balaban J connectivity index is 2.25. The first-order valence-corrected chi connectivity index (χ1v) is 3.72. The van der Waals surface area contributed by atoms with Crippen LogP contribution in [-0.2, 0) is 9.53 Å². The Morgan fingerprint density at radius 1 is 1.73 bits per heavy atom. The van der Waals surface area contributed by atoms with E-state index in [1.54, 1.807) is 0 Å². The SMILES string of the molecule is COC1=CC(O)C2CC2C1=O. The Kier molecular flexibility index (Phi) is 1.29. The summed E-state index contributed by atoms with van der Waals surface area (Å²) >= 11 is 0. The van der Waals surface area contributed by atoms with Crippen LogP contribution in [0.25, 0.3) is 0 Å². The Labute approximate surface area is 64.7 Å². The van der Waals surface area contributed by atoms with Crippen molar-refractivity contribution in [1.82, 2.24) is 0 Å². The molecular weight excluding hydrogens is 144 g/mol. The van der Waals surface area contributed by atoms with Crippen LogP contribution in [0.2, 0.25) is 0 Å². The molecule has 1 saturated carbocycles. The molecule has 3 nitrogen and oxygen atoms in total. The number of fused-ring (bicyclic) bond motifs is 1. The third-order valence-corrected chi connectivity index (χ3v) is 2.40. The van der Waals surface area contributed by atoms with Gasteiger partial charge in [-0.3, -0.25) is 4.79 Å². The molecule has 0 heterocycles.